The Kier molecular flexibility index (Phi) is 5.78. The lowest BCUT2D eigenvalue weighted by molar-refractivity contribution is -0.140. The van der Waals surface area contributed by atoms with Crippen LogP contribution in [-0.4, -0.2) is 34.4 Å². The summed E-state index contributed by atoms with van der Waals surface area (Å²) >= 11 is 0. The van der Waals surface area contributed by atoms with Crippen molar-refractivity contribution in [2.45, 2.75) is 43.9 Å². The molecule has 1 amide bonds. The zero-order valence-corrected chi connectivity index (χ0v) is 17.4. The minimum Gasteiger partial charge on any atom is -0.358 e. The van der Waals surface area contributed by atoms with E-state index in [0.717, 1.165) is 31.9 Å². The highest BCUT2D eigenvalue weighted by Gasteiger charge is 2.34. The van der Waals surface area contributed by atoms with Crippen LogP contribution < -0.4 is 10.2 Å². The molecular weight excluding hydrogens is 419 g/mol. The number of alkyl halides is 3. The van der Waals surface area contributed by atoms with Crippen LogP contribution in [0.2, 0.25) is 0 Å². The standard InChI is InChI=1S/C23H22F3N5O/c1-30(21-4-2-3-20-29-19(14-31(20)21)23(24,25)26)18-11-9-17(10-12-18)28-22(32)16-7-5-15(13-27)6-8-16/h2-8,14,17-18H,9-12H2,1H3,(H,28,32). The molecule has 1 aromatic carbocycles. The van der Waals surface area contributed by atoms with E-state index in [4.69, 9.17) is 5.26 Å². The minimum atomic E-state index is -4.49. The molecule has 1 fully saturated rings. The average Bonchev–Trinajstić information content (AvgIpc) is 3.24. The number of amides is 1. The number of carbonyl (C=O) groups excluding carboxylic acids is 1. The van der Waals surface area contributed by atoms with Gasteiger partial charge in [-0.2, -0.15) is 18.4 Å². The Bertz CT molecular complexity index is 1160. The molecule has 0 spiro atoms. The summed E-state index contributed by atoms with van der Waals surface area (Å²) in [7, 11) is 1.88. The van der Waals surface area contributed by atoms with E-state index in [9.17, 15) is 18.0 Å². The van der Waals surface area contributed by atoms with Crippen LogP contribution in [-0.2, 0) is 6.18 Å². The molecule has 4 rings (SSSR count). The maximum Gasteiger partial charge on any atom is 0.434 e. The van der Waals surface area contributed by atoms with Crippen molar-refractivity contribution in [3.05, 3.63) is 65.5 Å². The molecule has 32 heavy (non-hydrogen) atoms. The predicted octanol–water partition coefficient (Wildman–Crippen LogP) is 4.40. The quantitative estimate of drug-likeness (QED) is 0.651. The van der Waals surface area contributed by atoms with E-state index in [-0.39, 0.29) is 23.6 Å². The average molecular weight is 441 g/mol. The van der Waals surface area contributed by atoms with Crippen LogP contribution in [0, 0.1) is 11.3 Å². The van der Waals surface area contributed by atoms with Crippen LogP contribution >= 0.6 is 0 Å². The lowest BCUT2D eigenvalue weighted by atomic mass is 9.90. The molecule has 1 aliphatic carbocycles. The summed E-state index contributed by atoms with van der Waals surface area (Å²) in [4.78, 5) is 18.2. The highest BCUT2D eigenvalue weighted by molar-refractivity contribution is 5.94. The number of halogens is 3. The van der Waals surface area contributed by atoms with Gasteiger partial charge in [0.25, 0.3) is 5.91 Å². The van der Waals surface area contributed by atoms with Gasteiger partial charge in [0.05, 0.1) is 11.6 Å². The number of nitriles is 1. The van der Waals surface area contributed by atoms with Crippen LogP contribution in [0.1, 0.15) is 47.3 Å². The van der Waals surface area contributed by atoms with Crippen LogP contribution in [0.15, 0.2) is 48.7 Å². The summed E-state index contributed by atoms with van der Waals surface area (Å²) in [5, 5.41) is 11.9. The zero-order valence-electron chi connectivity index (χ0n) is 17.4. The highest BCUT2D eigenvalue weighted by atomic mass is 19.4. The highest BCUT2D eigenvalue weighted by Crippen LogP contribution is 2.31. The van der Waals surface area contributed by atoms with Gasteiger partial charge < -0.3 is 10.2 Å². The maximum atomic E-state index is 13.1. The fraction of sp³-hybridized carbons (Fsp3) is 0.348. The van der Waals surface area contributed by atoms with Crippen LogP contribution in [0.25, 0.3) is 5.65 Å². The number of nitrogens with zero attached hydrogens (tertiary/aromatic N) is 4. The Morgan fingerprint density at radius 1 is 1.16 bits per heavy atom. The van der Waals surface area contributed by atoms with Crippen molar-refractivity contribution in [3.63, 3.8) is 0 Å². The number of nitrogens with one attached hydrogen (secondary N) is 1. The summed E-state index contributed by atoms with van der Waals surface area (Å²) in [6.45, 7) is 0. The number of rotatable bonds is 4. The van der Waals surface area contributed by atoms with Gasteiger partial charge in [-0.3, -0.25) is 9.20 Å². The lowest BCUT2D eigenvalue weighted by Gasteiger charge is -2.36. The number of hydrogen-bond donors (Lipinski definition) is 1. The van der Waals surface area contributed by atoms with Gasteiger partial charge in [-0.05, 0) is 62.1 Å². The molecule has 1 saturated carbocycles. The molecule has 0 aliphatic heterocycles. The number of aromatic nitrogens is 2. The van der Waals surface area contributed by atoms with Crippen molar-refractivity contribution in [3.8, 4) is 6.07 Å². The Balaban J connectivity index is 1.40. The van der Waals surface area contributed by atoms with Crippen LogP contribution in [0.5, 0.6) is 0 Å². The molecule has 9 heteroatoms. The van der Waals surface area contributed by atoms with E-state index in [0.29, 0.717) is 16.9 Å². The fourth-order valence-corrected chi connectivity index (χ4v) is 4.18. The Morgan fingerprint density at radius 3 is 2.47 bits per heavy atom. The third kappa shape index (κ3) is 4.40. The zero-order chi connectivity index (χ0) is 22.9. The summed E-state index contributed by atoms with van der Waals surface area (Å²) in [5.41, 5.74) is 0.355. The topological polar surface area (TPSA) is 73.4 Å². The molecule has 166 valence electrons. The van der Waals surface area contributed by atoms with Gasteiger partial charge in [-0.1, -0.05) is 6.07 Å². The Labute approximate surface area is 183 Å². The van der Waals surface area contributed by atoms with Gasteiger partial charge >= 0.3 is 6.18 Å². The second kappa shape index (κ2) is 8.54. The molecule has 0 bridgehead atoms. The third-order valence-corrected chi connectivity index (χ3v) is 5.98. The molecule has 0 atom stereocenters. The van der Waals surface area contributed by atoms with Crippen LogP contribution in [0.3, 0.4) is 0 Å². The van der Waals surface area contributed by atoms with E-state index >= 15 is 0 Å². The normalized spacial score (nSPS) is 18.8. The number of carbonyl (C=O) groups is 1. The van der Waals surface area contributed by atoms with Crippen molar-refractivity contribution >= 4 is 17.4 Å². The fourth-order valence-electron chi connectivity index (χ4n) is 4.18. The molecule has 6 nitrogen and oxygen atoms in total. The minimum absolute atomic E-state index is 0.0312. The molecular formula is C23H22F3N5O. The molecule has 1 aliphatic rings. The summed E-state index contributed by atoms with van der Waals surface area (Å²) in [5.74, 6) is 0.477. The molecule has 0 saturated heterocycles. The van der Waals surface area contributed by atoms with Gasteiger partial charge in [0.15, 0.2) is 5.69 Å². The van der Waals surface area contributed by atoms with Gasteiger partial charge in [-0.15, -0.1) is 0 Å². The van der Waals surface area contributed by atoms with Gasteiger partial charge in [0.1, 0.15) is 11.5 Å². The van der Waals surface area contributed by atoms with Crippen molar-refractivity contribution in [1.29, 1.82) is 5.26 Å². The van der Waals surface area contributed by atoms with E-state index in [1.807, 2.05) is 18.0 Å². The first-order valence-corrected chi connectivity index (χ1v) is 10.4. The molecule has 3 aromatic rings. The number of imidazole rings is 1. The van der Waals surface area contributed by atoms with Crippen molar-refractivity contribution in [1.82, 2.24) is 14.7 Å². The number of pyridine rings is 1. The molecule has 2 aromatic heterocycles. The summed E-state index contributed by atoms with van der Waals surface area (Å²) in [6.07, 6.45) is -0.328. The summed E-state index contributed by atoms with van der Waals surface area (Å²) in [6, 6.07) is 13.7. The number of benzene rings is 1. The van der Waals surface area contributed by atoms with Crippen molar-refractivity contribution in [2.75, 3.05) is 11.9 Å². The van der Waals surface area contributed by atoms with Gasteiger partial charge in [0, 0.05) is 30.9 Å². The first kappa shape index (κ1) is 21.7. The smallest absolute Gasteiger partial charge is 0.358 e. The maximum absolute atomic E-state index is 13.1. The Morgan fingerprint density at radius 2 is 1.84 bits per heavy atom. The van der Waals surface area contributed by atoms with E-state index in [1.54, 1.807) is 42.5 Å². The Hall–Kier alpha value is -3.54. The SMILES string of the molecule is CN(c1cccc2nc(C(F)(F)F)cn12)C1CCC(NC(=O)c2ccc(C#N)cc2)CC1. The molecule has 2 heterocycles. The van der Waals surface area contributed by atoms with E-state index < -0.39 is 11.9 Å². The van der Waals surface area contributed by atoms with E-state index in [1.165, 1.54) is 4.40 Å². The van der Waals surface area contributed by atoms with Crippen LogP contribution in [0.4, 0.5) is 19.0 Å². The second-order valence-corrected chi connectivity index (χ2v) is 8.02. The van der Waals surface area contributed by atoms with Gasteiger partial charge in [0.2, 0.25) is 0 Å². The number of fused-ring (bicyclic) bond motifs is 1. The predicted molar refractivity (Wildman–Crippen MR) is 113 cm³/mol. The van der Waals surface area contributed by atoms with E-state index in [2.05, 4.69) is 10.3 Å². The monoisotopic (exact) mass is 441 g/mol. The summed E-state index contributed by atoms with van der Waals surface area (Å²) < 4.78 is 40.7. The van der Waals surface area contributed by atoms with Crippen molar-refractivity contribution in [2.24, 2.45) is 0 Å². The second-order valence-electron chi connectivity index (χ2n) is 8.02. The van der Waals surface area contributed by atoms with Gasteiger partial charge in [-0.25, -0.2) is 4.98 Å². The molecule has 1 N–H and O–H groups in total. The first-order valence-electron chi connectivity index (χ1n) is 10.4. The molecule has 0 radical (unpaired) electrons. The largest absolute Gasteiger partial charge is 0.434 e. The van der Waals surface area contributed by atoms with Crippen molar-refractivity contribution < 1.29 is 18.0 Å². The number of anilines is 1. The lowest BCUT2D eigenvalue weighted by Crippen LogP contribution is -2.43. The number of hydrogen-bond acceptors (Lipinski definition) is 4. The first-order chi connectivity index (χ1) is 15.3. The third-order valence-electron chi connectivity index (χ3n) is 5.98. The molecule has 0 unspecified atom stereocenters.